The SMILES string of the molecule is COc1ccc(C)cc1C1(CNCC(C)C)CC=CC1. The van der Waals surface area contributed by atoms with Crippen molar-refractivity contribution in [3.63, 3.8) is 0 Å². The van der Waals surface area contributed by atoms with E-state index >= 15 is 0 Å². The van der Waals surface area contributed by atoms with E-state index in [0.717, 1.165) is 31.7 Å². The van der Waals surface area contributed by atoms with Gasteiger partial charge in [-0.15, -0.1) is 0 Å². The predicted molar refractivity (Wildman–Crippen MR) is 85.5 cm³/mol. The Labute approximate surface area is 123 Å². The maximum Gasteiger partial charge on any atom is 0.122 e. The van der Waals surface area contributed by atoms with Crippen molar-refractivity contribution in [2.75, 3.05) is 20.2 Å². The summed E-state index contributed by atoms with van der Waals surface area (Å²) in [4.78, 5) is 0. The zero-order chi connectivity index (χ0) is 14.6. The molecular formula is C18H27NO. The van der Waals surface area contributed by atoms with Gasteiger partial charge < -0.3 is 10.1 Å². The summed E-state index contributed by atoms with van der Waals surface area (Å²) >= 11 is 0. The second-order valence-electron chi connectivity index (χ2n) is 6.39. The van der Waals surface area contributed by atoms with Crippen LogP contribution in [0.3, 0.4) is 0 Å². The summed E-state index contributed by atoms with van der Waals surface area (Å²) in [5.74, 6) is 1.70. The lowest BCUT2D eigenvalue weighted by molar-refractivity contribution is 0.362. The van der Waals surface area contributed by atoms with E-state index in [2.05, 4.69) is 56.4 Å². The van der Waals surface area contributed by atoms with Gasteiger partial charge in [0.1, 0.15) is 5.75 Å². The molecule has 2 heteroatoms. The van der Waals surface area contributed by atoms with Crippen molar-refractivity contribution < 1.29 is 4.74 Å². The van der Waals surface area contributed by atoms with Crippen LogP contribution in [0.15, 0.2) is 30.4 Å². The van der Waals surface area contributed by atoms with Crippen LogP contribution in [0.4, 0.5) is 0 Å². The molecule has 0 radical (unpaired) electrons. The minimum Gasteiger partial charge on any atom is -0.496 e. The first kappa shape index (κ1) is 15.1. The minimum absolute atomic E-state index is 0.159. The molecule has 1 N–H and O–H groups in total. The third-order valence-corrected chi connectivity index (χ3v) is 4.13. The van der Waals surface area contributed by atoms with E-state index in [-0.39, 0.29) is 5.41 Å². The predicted octanol–water partition coefficient (Wildman–Crippen LogP) is 3.84. The molecule has 0 saturated carbocycles. The van der Waals surface area contributed by atoms with Crippen LogP contribution in [0.5, 0.6) is 5.75 Å². The molecule has 1 aromatic rings. The molecule has 2 nitrogen and oxygen atoms in total. The van der Waals surface area contributed by atoms with Gasteiger partial charge in [-0.2, -0.15) is 0 Å². The van der Waals surface area contributed by atoms with Gasteiger partial charge >= 0.3 is 0 Å². The molecule has 0 amide bonds. The van der Waals surface area contributed by atoms with Crippen LogP contribution < -0.4 is 10.1 Å². The van der Waals surface area contributed by atoms with Gasteiger partial charge in [0.2, 0.25) is 0 Å². The third kappa shape index (κ3) is 3.24. The molecule has 0 fully saturated rings. The first-order valence-corrected chi connectivity index (χ1v) is 7.58. The number of aryl methyl sites for hydroxylation is 1. The van der Waals surface area contributed by atoms with Gasteiger partial charge in [0.05, 0.1) is 7.11 Å². The van der Waals surface area contributed by atoms with Crippen molar-refractivity contribution in [2.45, 2.75) is 39.0 Å². The lowest BCUT2D eigenvalue weighted by atomic mass is 9.77. The van der Waals surface area contributed by atoms with Crippen LogP contribution in [0.1, 0.15) is 37.8 Å². The molecule has 0 aromatic heterocycles. The van der Waals surface area contributed by atoms with Crippen molar-refractivity contribution >= 4 is 0 Å². The standard InChI is InChI=1S/C18H27NO/c1-14(2)12-19-13-18(9-5-6-10-18)16-11-15(3)7-8-17(16)20-4/h5-8,11,14,19H,9-10,12-13H2,1-4H3. The molecule has 2 rings (SSSR count). The second kappa shape index (κ2) is 6.45. The first-order chi connectivity index (χ1) is 9.57. The van der Waals surface area contributed by atoms with E-state index in [0.29, 0.717) is 5.92 Å². The zero-order valence-electron chi connectivity index (χ0n) is 13.2. The average Bonchev–Trinajstić information content (AvgIpc) is 2.88. The fraction of sp³-hybridized carbons (Fsp3) is 0.556. The molecule has 0 atom stereocenters. The molecule has 1 aromatic carbocycles. The summed E-state index contributed by atoms with van der Waals surface area (Å²) in [7, 11) is 1.77. The molecular weight excluding hydrogens is 246 g/mol. The Bertz CT molecular complexity index is 468. The van der Waals surface area contributed by atoms with Crippen molar-refractivity contribution in [1.29, 1.82) is 0 Å². The van der Waals surface area contributed by atoms with E-state index in [1.807, 2.05) is 0 Å². The van der Waals surface area contributed by atoms with E-state index in [9.17, 15) is 0 Å². The highest BCUT2D eigenvalue weighted by Gasteiger charge is 2.35. The normalized spacial score (nSPS) is 16.9. The summed E-state index contributed by atoms with van der Waals surface area (Å²) < 4.78 is 5.61. The van der Waals surface area contributed by atoms with Gasteiger partial charge in [-0.1, -0.05) is 43.7 Å². The van der Waals surface area contributed by atoms with Gasteiger partial charge in [-0.05, 0) is 38.3 Å². The molecule has 110 valence electrons. The fourth-order valence-corrected chi connectivity index (χ4v) is 3.00. The molecule has 0 spiro atoms. The molecule has 0 heterocycles. The lowest BCUT2D eigenvalue weighted by Crippen LogP contribution is -2.38. The number of rotatable bonds is 6. The van der Waals surface area contributed by atoms with Crippen LogP contribution in [-0.2, 0) is 5.41 Å². The highest BCUT2D eigenvalue weighted by Crippen LogP contribution is 2.41. The van der Waals surface area contributed by atoms with E-state index in [1.165, 1.54) is 11.1 Å². The Balaban J connectivity index is 2.26. The molecule has 0 saturated heterocycles. The Kier molecular flexibility index (Phi) is 4.87. The number of hydrogen-bond donors (Lipinski definition) is 1. The minimum atomic E-state index is 0.159. The summed E-state index contributed by atoms with van der Waals surface area (Å²) in [5, 5.41) is 3.64. The largest absolute Gasteiger partial charge is 0.496 e. The Morgan fingerprint density at radius 3 is 2.55 bits per heavy atom. The van der Waals surface area contributed by atoms with Gasteiger partial charge in [0, 0.05) is 17.5 Å². The monoisotopic (exact) mass is 273 g/mol. The zero-order valence-corrected chi connectivity index (χ0v) is 13.2. The number of allylic oxidation sites excluding steroid dienone is 2. The smallest absolute Gasteiger partial charge is 0.122 e. The average molecular weight is 273 g/mol. The van der Waals surface area contributed by atoms with Gasteiger partial charge in [-0.3, -0.25) is 0 Å². The van der Waals surface area contributed by atoms with E-state index in [4.69, 9.17) is 4.74 Å². The van der Waals surface area contributed by atoms with Gasteiger partial charge in [0.15, 0.2) is 0 Å². The summed E-state index contributed by atoms with van der Waals surface area (Å²) in [6.07, 6.45) is 6.80. The second-order valence-corrected chi connectivity index (χ2v) is 6.39. The number of benzene rings is 1. The molecule has 1 aliphatic carbocycles. The van der Waals surface area contributed by atoms with Crippen LogP contribution >= 0.6 is 0 Å². The molecule has 0 unspecified atom stereocenters. The van der Waals surface area contributed by atoms with Crippen LogP contribution in [0, 0.1) is 12.8 Å². The van der Waals surface area contributed by atoms with Gasteiger partial charge in [-0.25, -0.2) is 0 Å². The Morgan fingerprint density at radius 1 is 1.25 bits per heavy atom. The molecule has 0 bridgehead atoms. The van der Waals surface area contributed by atoms with Crippen LogP contribution in [-0.4, -0.2) is 20.2 Å². The number of methoxy groups -OCH3 is 1. The highest BCUT2D eigenvalue weighted by atomic mass is 16.5. The first-order valence-electron chi connectivity index (χ1n) is 7.58. The van der Waals surface area contributed by atoms with Crippen LogP contribution in [0.2, 0.25) is 0 Å². The lowest BCUT2D eigenvalue weighted by Gasteiger charge is -2.32. The number of nitrogens with one attached hydrogen (secondary N) is 1. The van der Waals surface area contributed by atoms with Crippen molar-refractivity contribution in [2.24, 2.45) is 5.92 Å². The van der Waals surface area contributed by atoms with Gasteiger partial charge in [0.25, 0.3) is 0 Å². The highest BCUT2D eigenvalue weighted by molar-refractivity contribution is 5.44. The maximum absolute atomic E-state index is 5.61. The molecule has 20 heavy (non-hydrogen) atoms. The maximum atomic E-state index is 5.61. The molecule has 1 aliphatic rings. The quantitative estimate of drug-likeness (QED) is 0.795. The summed E-state index contributed by atoms with van der Waals surface area (Å²) in [6.45, 7) is 8.73. The van der Waals surface area contributed by atoms with Crippen molar-refractivity contribution in [3.8, 4) is 5.75 Å². The fourth-order valence-electron chi connectivity index (χ4n) is 3.00. The Morgan fingerprint density at radius 2 is 1.95 bits per heavy atom. The van der Waals surface area contributed by atoms with Crippen molar-refractivity contribution in [3.05, 3.63) is 41.5 Å². The third-order valence-electron chi connectivity index (χ3n) is 4.13. The van der Waals surface area contributed by atoms with E-state index in [1.54, 1.807) is 7.11 Å². The number of hydrogen-bond acceptors (Lipinski definition) is 2. The van der Waals surface area contributed by atoms with Crippen LogP contribution in [0.25, 0.3) is 0 Å². The summed E-state index contributed by atoms with van der Waals surface area (Å²) in [6, 6.07) is 6.52. The molecule has 0 aliphatic heterocycles. The number of ether oxygens (including phenoxy) is 1. The Hall–Kier alpha value is -1.28. The van der Waals surface area contributed by atoms with Crippen molar-refractivity contribution in [1.82, 2.24) is 5.32 Å². The topological polar surface area (TPSA) is 21.3 Å². The summed E-state index contributed by atoms with van der Waals surface area (Å²) in [5.41, 5.74) is 2.81. The van der Waals surface area contributed by atoms with E-state index < -0.39 is 0 Å².